The van der Waals surface area contributed by atoms with Crippen molar-refractivity contribution in [1.29, 1.82) is 0 Å². The summed E-state index contributed by atoms with van der Waals surface area (Å²) < 4.78 is 32.6. The molecule has 0 saturated carbocycles. The second-order valence-corrected chi connectivity index (χ2v) is 9.14. The Balaban J connectivity index is 1.67. The maximum Gasteiger partial charge on any atom is 0.333 e. The van der Waals surface area contributed by atoms with Crippen molar-refractivity contribution in [3.8, 4) is 17.0 Å². The van der Waals surface area contributed by atoms with Gasteiger partial charge in [0.1, 0.15) is 0 Å². The Hall–Kier alpha value is -3.53. The van der Waals surface area contributed by atoms with E-state index in [0.29, 0.717) is 23.0 Å². The lowest BCUT2D eigenvalue weighted by molar-refractivity contribution is 0.256. The number of rotatable bonds is 5. The van der Waals surface area contributed by atoms with Crippen molar-refractivity contribution in [3.63, 3.8) is 0 Å². The van der Waals surface area contributed by atoms with Crippen molar-refractivity contribution in [2.24, 2.45) is 0 Å². The highest BCUT2D eigenvalue weighted by Crippen LogP contribution is 2.38. The van der Waals surface area contributed by atoms with Crippen molar-refractivity contribution < 1.29 is 17.9 Å². The molecule has 10 heteroatoms. The highest BCUT2D eigenvalue weighted by Gasteiger charge is 2.25. The number of nitrogens with one attached hydrogen (secondary N) is 2. The second kappa shape index (κ2) is 8.54. The van der Waals surface area contributed by atoms with E-state index in [1.54, 1.807) is 32.2 Å². The number of anilines is 1. The minimum Gasteiger partial charge on any atom is -0.481 e. The van der Waals surface area contributed by atoms with Gasteiger partial charge in [-0.05, 0) is 61.9 Å². The van der Waals surface area contributed by atoms with E-state index in [1.165, 1.54) is 7.11 Å². The third-order valence-corrected chi connectivity index (χ3v) is 6.32. The Bertz CT molecular complexity index is 1290. The SMILES string of the molecule is COc1cc(-c2ccc3c(c2NC(=O)NS(=O)(=O)c2nc(C)cc(C)n2)CCC3)ccn1. The van der Waals surface area contributed by atoms with Crippen LogP contribution in [0.3, 0.4) is 0 Å². The number of carbonyl (C=O) groups excluding carboxylic acids is 1. The lowest BCUT2D eigenvalue weighted by atomic mass is 9.98. The summed E-state index contributed by atoms with van der Waals surface area (Å²) in [4.78, 5) is 24.8. The van der Waals surface area contributed by atoms with Crippen LogP contribution in [0.2, 0.25) is 0 Å². The number of hydrogen-bond donors (Lipinski definition) is 2. The van der Waals surface area contributed by atoms with Crippen molar-refractivity contribution in [2.75, 3.05) is 12.4 Å². The molecule has 2 amide bonds. The van der Waals surface area contributed by atoms with Crippen molar-refractivity contribution in [2.45, 2.75) is 38.3 Å². The summed E-state index contributed by atoms with van der Waals surface area (Å²) in [6.07, 6.45) is 4.27. The maximum absolute atomic E-state index is 12.8. The Kier molecular flexibility index (Phi) is 5.79. The van der Waals surface area contributed by atoms with Gasteiger partial charge in [0, 0.05) is 29.2 Å². The average Bonchev–Trinajstić information content (AvgIpc) is 3.22. The van der Waals surface area contributed by atoms with E-state index in [9.17, 15) is 13.2 Å². The zero-order valence-corrected chi connectivity index (χ0v) is 18.8. The van der Waals surface area contributed by atoms with E-state index < -0.39 is 21.2 Å². The topological polar surface area (TPSA) is 123 Å². The number of benzene rings is 1. The van der Waals surface area contributed by atoms with Gasteiger partial charge in [-0.2, -0.15) is 8.42 Å². The van der Waals surface area contributed by atoms with Gasteiger partial charge in [-0.3, -0.25) is 0 Å². The molecule has 2 heterocycles. The zero-order chi connectivity index (χ0) is 22.9. The fourth-order valence-corrected chi connectivity index (χ4v) is 4.77. The number of aryl methyl sites for hydroxylation is 3. The first-order chi connectivity index (χ1) is 15.3. The first kappa shape index (κ1) is 21.7. The number of carbonyl (C=O) groups is 1. The smallest absolute Gasteiger partial charge is 0.333 e. The van der Waals surface area contributed by atoms with Gasteiger partial charge in [-0.1, -0.05) is 12.1 Å². The van der Waals surface area contributed by atoms with E-state index in [2.05, 4.69) is 20.3 Å². The molecular weight excluding hydrogens is 430 g/mol. The second-order valence-electron chi connectivity index (χ2n) is 7.56. The summed E-state index contributed by atoms with van der Waals surface area (Å²) in [5.74, 6) is 0.438. The molecule has 0 atom stereocenters. The molecule has 32 heavy (non-hydrogen) atoms. The van der Waals surface area contributed by atoms with E-state index in [-0.39, 0.29) is 0 Å². The number of ether oxygens (including phenoxy) is 1. The van der Waals surface area contributed by atoms with Gasteiger partial charge in [0.05, 0.1) is 12.8 Å². The Labute approximate surface area is 186 Å². The molecule has 1 aliphatic carbocycles. The van der Waals surface area contributed by atoms with Crippen LogP contribution >= 0.6 is 0 Å². The van der Waals surface area contributed by atoms with Crippen LogP contribution in [0.5, 0.6) is 5.88 Å². The normalized spacial score (nSPS) is 12.8. The van der Waals surface area contributed by atoms with Crippen LogP contribution < -0.4 is 14.8 Å². The summed E-state index contributed by atoms with van der Waals surface area (Å²) in [7, 11) is -2.71. The van der Waals surface area contributed by atoms with Crippen LogP contribution in [-0.4, -0.2) is 36.5 Å². The van der Waals surface area contributed by atoms with E-state index in [0.717, 1.165) is 41.5 Å². The van der Waals surface area contributed by atoms with Gasteiger partial charge in [0.2, 0.25) is 5.88 Å². The van der Waals surface area contributed by atoms with Crippen LogP contribution in [-0.2, 0) is 22.9 Å². The number of sulfonamides is 1. The Morgan fingerprint density at radius 3 is 2.53 bits per heavy atom. The molecule has 2 aromatic heterocycles. The molecule has 1 aromatic carbocycles. The third kappa shape index (κ3) is 4.40. The van der Waals surface area contributed by atoms with Crippen LogP contribution in [0.15, 0.2) is 41.7 Å². The fraction of sp³-hybridized carbons (Fsp3) is 0.273. The largest absolute Gasteiger partial charge is 0.481 e. The van der Waals surface area contributed by atoms with Crippen LogP contribution in [0.4, 0.5) is 10.5 Å². The molecule has 0 aliphatic heterocycles. The van der Waals surface area contributed by atoms with Crippen molar-refractivity contribution >= 4 is 21.7 Å². The number of fused-ring (bicyclic) bond motifs is 1. The van der Waals surface area contributed by atoms with Gasteiger partial charge in [0.25, 0.3) is 5.16 Å². The van der Waals surface area contributed by atoms with Gasteiger partial charge in [0.15, 0.2) is 0 Å². The number of nitrogens with zero attached hydrogens (tertiary/aromatic N) is 3. The standard InChI is InChI=1S/C22H23N5O4S/c1-13-11-14(2)25-22(24-13)32(29,30)27-21(28)26-20-17-6-4-5-15(17)7-8-18(20)16-9-10-23-19(12-16)31-3/h7-12H,4-6H2,1-3H3,(H2,26,27,28). The highest BCUT2D eigenvalue weighted by atomic mass is 32.2. The van der Waals surface area contributed by atoms with Gasteiger partial charge in [-0.15, -0.1) is 0 Å². The summed E-state index contributed by atoms with van der Waals surface area (Å²) in [6.45, 7) is 3.33. The fourth-order valence-electron chi connectivity index (χ4n) is 3.86. The zero-order valence-electron chi connectivity index (χ0n) is 18.0. The monoisotopic (exact) mass is 453 g/mol. The molecule has 166 valence electrons. The Morgan fingerprint density at radius 1 is 1.06 bits per heavy atom. The van der Waals surface area contributed by atoms with Gasteiger partial charge >= 0.3 is 16.1 Å². The molecule has 0 unspecified atom stereocenters. The molecule has 4 rings (SSSR count). The van der Waals surface area contributed by atoms with Crippen LogP contribution in [0.25, 0.3) is 11.1 Å². The number of pyridine rings is 1. The van der Waals surface area contributed by atoms with Gasteiger partial charge < -0.3 is 10.1 Å². The minimum atomic E-state index is -4.24. The predicted molar refractivity (Wildman–Crippen MR) is 119 cm³/mol. The molecule has 2 N–H and O–H groups in total. The number of amides is 2. The minimum absolute atomic E-state index is 0.438. The molecule has 0 saturated heterocycles. The van der Waals surface area contributed by atoms with Gasteiger partial charge in [-0.25, -0.2) is 24.5 Å². The maximum atomic E-state index is 12.8. The number of aromatic nitrogens is 3. The quantitative estimate of drug-likeness (QED) is 0.569. The summed E-state index contributed by atoms with van der Waals surface area (Å²) >= 11 is 0. The number of urea groups is 1. The molecule has 0 fully saturated rings. The predicted octanol–water partition coefficient (Wildman–Crippen LogP) is 3.16. The molecule has 3 aromatic rings. The lowest BCUT2D eigenvalue weighted by Gasteiger charge is -2.17. The van der Waals surface area contributed by atoms with E-state index >= 15 is 0 Å². The van der Waals surface area contributed by atoms with Crippen molar-refractivity contribution in [1.82, 2.24) is 19.7 Å². The van der Waals surface area contributed by atoms with Crippen LogP contribution in [0.1, 0.15) is 28.9 Å². The Morgan fingerprint density at radius 2 is 1.81 bits per heavy atom. The molecule has 0 radical (unpaired) electrons. The molecule has 0 bridgehead atoms. The molecule has 0 spiro atoms. The summed E-state index contributed by atoms with van der Waals surface area (Å²) in [5.41, 5.74) is 5.23. The summed E-state index contributed by atoms with van der Waals surface area (Å²) in [6, 6.07) is 8.29. The lowest BCUT2D eigenvalue weighted by Crippen LogP contribution is -2.36. The molecule has 1 aliphatic rings. The first-order valence-corrected chi connectivity index (χ1v) is 11.6. The highest BCUT2D eigenvalue weighted by molar-refractivity contribution is 7.89. The summed E-state index contributed by atoms with van der Waals surface area (Å²) in [5, 5.41) is 2.31. The molecular formula is C22H23N5O4S. The number of hydrogen-bond acceptors (Lipinski definition) is 7. The van der Waals surface area contributed by atoms with E-state index in [4.69, 9.17) is 4.74 Å². The molecule has 9 nitrogen and oxygen atoms in total. The van der Waals surface area contributed by atoms with Crippen molar-refractivity contribution in [3.05, 3.63) is 59.0 Å². The third-order valence-electron chi connectivity index (χ3n) is 5.21. The number of methoxy groups -OCH3 is 1. The average molecular weight is 454 g/mol. The van der Waals surface area contributed by atoms with Crippen LogP contribution in [0, 0.1) is 13.8 Å². The first-order valence-electron chi connectivity index (χ1n) is 10.1. The van der Waals surface area contributed by atoms with E-state index in [1.807, 2.05) is 22.9 Å².